The second kappa shape index (κ2) is 5.58. The molecule has 0 radical (unpaired) electrons. The van der Waals surface area contributed by atoms with Crippen LogP contribution >= 0.6 is 24.0 Å². The van der Waals surface area contributed by atoms with E-state index in [0.717, 1.165) is 5.69 Å². The van der Waals surface area contributed by atoms with E-state index in [0.29, 0.717) is 0 Å². The Bertz CT molecular complexity index is 418. The Kier molecular flexibility index (Phi) is 5.42. The number of halogens is 2. The fourth-order valence-electron chi connectivity index (χ4n) is 1.02. The van der Waals surface area contributed by atoms with Crippen LogP contribution in [0.3, 0.4) is 0 Å². The summed E-state index contributed by atoms with van der Waals surface area (Å²) in [4.78, 5) is 0.242. The van der Waals surface area contributed by atoms with Gasteiger partial charge in [-0.2, -0.15) is 0 Å². The Balaban J connectivity index is 0.00000196. The van der Waals surface area contributed by atoms with E-state index in [-0.39, 0.29) is 17.3 Å². The summed E-state index contributed by atoms with van der Waals surface area (Å²) in [6, 6.07) is 6.57. The van der Waals surface area contributed by atoms with Gasteiger partial charge in [0.15, 0.2) is 9.84 Å². The molecule has 1 N–H and O–H groups in total. The highest BCUT2D eigenvalue weighted by Gasteiger charge is 2.20. The molecule has 15 heavy (non-hydrogen) atoms. The van der Waals surface area contributed by atoms with Gasteiger partial charge in [0.25, 0.3) is 0 Å². The van der Waals surface area contributed by atoms with Gasteiger partial charge >= 0.3 is 0 Å². The van der Waals surface area contributed by atoms with E-state index in [9.17, 15) is 8.42 Å². The Hall–Kier alpha value is -0.450. The van der Waals surface area contributed by atoms with Crippen molar-refractivity contribution in [2.45, 2.75) is 16.5 Å². The Morgan fingerprint density at radius 1 is 1.40 bits per heavy atom. The number of hydrogen-bond acceptors (Lipinski definition) is 3. The minimum absolute atomic E-state index is 0. The maximum absolute atomic E-state index is 11.6. The van der Waals surface area contributed by atoms with Gasteiger partial charge in [0.05, 0.1) is 4.90 Å². The van der Waals surface area contributed by atoms with Crippen LogP contribution in [-0.2, 0) is 9.84 Å². The minimum Gasteiger partial charge on any atom is -0.388 e. The summed E-state index contributed by atoms with van der Waals surface area (Å²) in [5.74, 6) is 0. The second-order valence-corrected chi connectivity index (χ2v) is 6.05. The summed E-state index contributed by atoms with van der Waals surface area (Å²) in [5.41, 5.74) is 0.753. The third-order valence-electron chi connectivity index (χ3n) is 1.88. The highest BCUT2D eigenvalue weighted by molar-refractivity contribution is 7.93. The van der Waals surface area contributed by atoms with Crippen LogP contribution in [0.15, 0.2) is 29.2 Å². The van der Waals surface area contributed by atoms with Crippen molar-refractivity contribution in [3.63, 3.8) is 0 Å². The Labute approximate surface area is 101 Å². The lowest BCUT2D eigenvalue weighted by Gasteiger charge is -2.07. The molecule has 1 aromatic carbocycles. The van der Waals surface area contributed by atoms with Crippen LogP contribution in [0.2, 0.25) is 0 Å². The van der Waals surface area contributed by atoms with Crippen LogP contribution in [0.1, 0.15) is 6.92 Å². The average Bonchev–Trinajstić information content (AvgIpc) is 2.17. The molecule has 0 saturated heterocycles. The van der Waals surface area contributed by atoms with E-state index < -0.39 is 14.5 Å². The highest BCUT2D eigenvalue weighted by Crippen LogP contribution is 2.21. The summed E-state index contributed by atoms with van der Waals surface area (Å²) in [5, 5.41) is 2.87. The van der Waals surface area contributed by atoms with Crippen molar-refractivity contribution < 1.29 is 8.42 Å². The summed E-state index contributed by atoms with van der Waals surface area (Å²) in [6.45, 7) is 1.45. The standard InChI is InChI=1S/C9H12ClNO2S.ClH/c1-7(10)14(12,13)9-5-3-4-8(6-9)11-2;/h3-7,11H,1-2H3;1H. The van der Waals surface area contributed by atoms with E-state index in [4.69, 9.17) is 11.6 Å². The van der Waals surface area contributed by atoms with Crippen LogP contribution in [-0.4, -0.2) is 20.2 Å². The molecule has 6 heteroatoms. The summed E-state index contributed by atoms with van der Waals surface area (Å²) in [7, 11) is -1.65. The predicted molar refractivity (Wildman–Crippen MR) is 65.7 cm³/mol. The molecule has 0 aliphatic heterocycles. The van der Waals surface area contributed by atoms with E-state index in [1.165, 1.54) is 13.0 Å². The van der Waals surface area contributed by atoms with Crippen molar-refractivity contribution in [2.24, 2.45) is 0 Å². The highest BCUT2D eigenvalue weighted by atomic mass is 35.5. The molecular formula is C9H13Cl2NO2S. The van der Waals surface area contributed by atoms with Gasteiger partial charge in [0.2, 0.25) is 0 Å². The molecule has 1 rings (SSSR count). The van der Waals surface area contributed by atoms with Crippen LogP contribution in [0.5, 0.6) is 0 Å². The van der Waals surface area contributed by atoms with Crippen LogP contribution < -0.4 is 5.32 Å². The molecule has 0 bridgehead atoms. The van der Waals surface area contributed by atoms with Crippen molar-refractivity contribution in [3.05, 3.63) is 24.3 Å². The largest absolute Gasteiger partial charge is 0.388 e. The molecule has 1 unspecified atom stereocenters. The normalized spacial score (nSPS) is 12.7. The molecule has 0 saturated carbocycles. The topological polar surface area (TPSA) is 46.2 Å². The first-order chi connectivity index (χ1) is 6.48. The molecule has 0 amide bonds. The average molecular weight is 270 g/mol. The van der Waals surface area contributed by atoms with Crippen molar-refractivity contribution in [1.82, 2.24) is 0 Å². The van der Waals surface area contributed by atoms with Crippen molar-refractivity contribution in [3.8, 4) is 0 Å². The molecule has 0 spiro atoms. The lowest BCUT2D eigenvalue weighted by molar-refractivity contribution is 0.594. The van der Waals surface area contributed by atoms with Crippen molar-refractivity contribution in [1.29, 1.82) is 0 Å². The monoisotopic (exact) mass is 269 g/mol. The Morgan fingerprint density at radius 2 is 2.00 bits per heavy atom. The third-order valence-corrected chi connectivity index (χ3v) is 4.35. The quantitative estimate of drug-likeness (QED) is 0.858. The van der Waals surface area contributed by atoms with Crippen LogP contribution in [0.25, 0.3) is 0 Å². The van der Waals surface area contributed by atoms with Gasteiger partial charge in [0.1, 0.15) is 4.71 Å². The number of benzene rings is 1. The number of anilines is 1. The molecule has 0 fully saturated rings. The predicted octanol–water partition coefficient (Wildman–Crippen LogP) is 2.51. The third kappa shape index (κ3) is 3.26. The summed E-state index contributed by atoms with van der Waals surface area (Å²) < 4.78 is 22.4. The number of sulfone groups is 1. The zero-order chi connectivity index (χ0) is 10.8. The molecule has 3 nitrogen and oxygen atoms in total. The van der Waals surface area contributed by atoms with E-state index >= 15 is 0 Å². The SMILES string of the molecule is CNc1cccc(S(=O)(=O)C(C)Cl)c1.Cl. The first-order valence-electron chi connectivity index (χ1n) is 4.14. The number of alkyl halides is 1. The molecule has 0 aliphatic rings. The number of rotatable bonds is 3. The van der Waals surface area contributed by atoms with Crippen LogP contribution in [0.4, 0.5) is 5.69 Å². The van der Waals surface area contributed by atoms with Gasteiger partial charge in [-0.25, -0.2) is 8.42 Å². The second-order valence-electron chi connectivity index (χ2n) is 2.87. The Morgan fingerprint density at radius 3 is 2.47 bits per heavy atom. The lowest BCUT2D eigenvalue weighted by Crippen LogP contribution is -2.11. The van der Waals surface area contributed by atoms with E-state index in [1.807, 2.05) is 0 Å². The first-order valence-corrected chi connectivity index (χ1v) is 6.12. The molecule has 86 valence electrons. The first kappa shape index (κ1) is 14.6. The fourth-order valence-corrected chi connectivity index (χ4v) is 2.26. The van der Waals surface area contributed by atoms with Crippen molar-refractivity contribution >= 4 is 39.5 Å². The molecule has 1 aromatic rings. The fraction of sp³-hybridized carbons (Fsp3) is 0.333. The lowest BCUT2D eigenvalue weighted by atomic mass is 10.3. The van der Waals surface area contributed by atoms with Crippen LogP contribution in [0, 0.1) is 0 Å². The zero-order valence-electron chi connectivity index (χ0n) is 8.40. The van der Waals surface area contributed by atoms with Crippen molar-refractivity contribution in [2.75, 3.05) is 12.4 Å². The zero-order valence-corrected chi connectivity index (χ0v) is 10.8. The van der Waals surface area contributed by atoms with Gasteiger partial charge in [-0.3, -0.25) is 0 Å². The van der Waals surface area contributed by atoms with E-state index in [1.54, 1.807) is 25.2 Å². The molecule has 0 aromatic heterocycles. The maximum Gasteiger partial charge on any atom is 0.194 e. The summed E-state index contributed by atoms with van der Waals surface area (Å²) >= 11 is 5.59. The van der Waals surface area contributed by atoms with Gasteiger partial charge in [0, 0.05) is 12.7 Å². The van der Waals surface area contributed by atoms with Gasteiger partial charge in [-0.05, 0) is 25.1 Å². The maximum atomic E-state index is 11.6. The molecule has 0 heterocycles. The van der Waals surface area contributed by atoms with Gasteiger partial charge in [-0.1, -0.05) is 6.07 Å². The molecule has 0 aliphatic carbocycles. The van der Waals surface area contributed by atoms with Gasteiger partial charge < -0.3 is 5.32 Å². The minimum atomic E-state index is -3.38. The van der Waals surface area contributed by atoms with Gasteiger partial charge in [-0.15, -0.1) is 24.0 Å². The summed E-state index contributed by atoms with van der Waals surface area (Å²) in [6.07, 6.45) is 0. The molecular weight excluding hydrogens is 257 g/mol. The smallest absolute Gasteiger partial charge is 0.194 e. The molecule has 1 atom stereocenters. The number of hydrogen-bond donors (Lipinski definition) is 1. The number of nitrogens with one attached hydrogen (secondary N) is 1. The van der Waals surface area contributed by atoms with E-state index in [2.05, 4.69) is 5.32 Å².